The number of benzene rings is 3. The Labute approximate surface area is 218 Å². The van der Waals surface area contributed by atoms with Gasteiger partial charge in [-0.05, 0) is 51.9 Å². The highest BCUT2D eigenvalue weighted by molar-refractivity contribution is 7.08. The van der Waals surface area contributed by atoms with Crippen molar-refractivity contribution < 1.29 is 4.79 Å². The maximum Gasteiger partial charge on any atom is 0.248 e. The number of hydrogen-bond acceptors (Lipinski definition) is 6. The molecular weight excluding hydrogens is 482 g/mol. The molecule has 5 aromatic rings. The third kappa shape index (κ3) is 6.13. The third-order valence-electron chi connectivity index (χ3n) is 6.01. The van der Waals surface area contributed by atoms with Gasteiger partial charge >= 0.3 is 0 Å². The highest BCUT2D eigenvalue weighted by atomic mass is 32.1. The number of nitrogens with one attached hydrogen (secondary N) is 1. The summed E-state index contributed by atoms with van der Waals surface area (Å²) in [6, 6.07) is 26.5. The molecular formula is C28H27N7OS. The Bertz CT molecular complexity index is 1520. The molecule has 0 atom stereocenters. The summed E-state index contributed by atoms with van der Waals surface area (Å²) in [7, 11) is 0. The van der Waals surface area contributed by atoms with Crippen molar-refractivity contribution in [2.45, 2.75) is 39.2 Å². The zero-order valence-electron chi connectivity index (χ0n) is 20.5. The Balaban J connectivity index is 1.31. The molecule has 2 aromatic heterocycles. The zero-order valence-corrected chi connectivity index (χ0v) is 21.4. The van der Waals surface area contributed by atoms with Crippen LogP contribution in [0, 0.1) is 0 Å². The third-order valence-corrected chi connectivity index (χ3v) is 7.10. The summed E-state index contributed by atoms with van der Waals surface area (Å²) < 4.78 is 1.84. The van der Waals surface area contributed by atoms with Gasteiger partial charge in [0, 0.05) is 12.0 Å². The van der Waals surface area contributed by atoms with Crippen LogP contribution in [0.3, 0.4) is 0 Å². The van der Waals surface area contributed by atoms with Crippen LogP contribution in [0.2, 0.25) is 0 Å². The largest absolute Gasteiger partial charge is 0.273 e. The molecule has 0 fully saturated rings. The lowest BCUT2D eigenvalue weighted by molar-refractivity contribution is -0.118. The van der Waals surface area contributed by atoms with Crippen molar-refractivity contribution in [1.82, 2.24) is 30.4 Å². The smallest absolute Gasteiger partial charge is 0.248 e. The minimum absolute atomic E-state index is 0.107. The fraction of sp³-hybridized carbons (Fsp3) is 0.214. The van der Waals surface area contributed by atoms with Crippen LogP contribution in [-0.4, -0.2) is 36.3 Å². The van der Waals surface area contributed by atoms with Crippen molar-refractivity contribution in [3.63, 3.8) is 0 Å². The number of aromatic amines is 1. The molecule has 1 amide bonds. The number of aromatic nitrogens is 6. The summed E-state index contributed by atoms with van der Waals surface area (Å²) in [5, 5.41) is 20.0. The molecule has 0 aliphatic heterocycles. The van der Waals surface area contributed by atoms with Crippen LogP contribution in [0.5, 0.6) is 0 Å². The first kappa shape index (κ1) is 24.5. The van der Waals surface area contributed by atoms with Gasteiger partial charge in [0.15, 0.2) is 5.82 Å². The zero-order chi connectivity index (χ0) is 25.5. The lowest BCUT2D eigenvalue weighted by atomic mass is 9.98. The van der Waals surface area contributed by atoms with Gasteiger partial charge in [-0.15, -0.1) is 5.10 Å². The van der Waals surface area contributed by atoms with E-state index in [1.807, 2.05) is 41.1 Å². The second-order valence-corrected chi connectivity index (χ2v) is 9.67. The summed E-state index contributed by atoms with van der Waals surface area (Å²) in [5.41, 5.74) is 5.35. The Morgan fingerprint density at radius 1 is 0.946 bits per heavy atom. The molecule has 5 rings (SSSR count). The summed E-state index contributed by atoms with van der Waals surface area (Å²) >= 11 is 1.48. The second-order valence-electron chi connectivity index (χ2n) is 8.63. The minimum Gasteiger partial charge on any atom is -0.273 e. The van der Waals surface area contributed by atoms with Crippen LogP contribution >= 0.6 is 11.3 Å². The van der Waals surface area contributed by atoms with Gasteiger partial charge in [0.25, 0.3) is 0 Å². The Kier molecular flexibility index (Phi) is 7.71. The molecule has 9 heteroatoms. The molecule has 2 heterocycles. The number of H-pyrrole nitrogens is 1. The first-order valence-corrected chi connectivity index (χ1v) is 13.1. The van der Waals surface area contributed by atoms with E-state index in [0.29, 0.717) is 23.6 Å². The maximum atomic E-state index is 12.6. The van der Waals surface area contributed by atoms with E-state index in [4.69, 9.17) is 5.10 Å². The second kappa shape index (κ2) is 11.7. The van der Waals surface area contributed by atoms with E-state index in [9.17, 15) is 4.79 Å². The van der Waals surface area contributed by atoms with Crippen molar-refractivity contribution in [3.8, 4) is 22.5 Å². The maximum absolute atomic E-state index is 12.6. The van der Waals surface area contributed by atoms with Crippen LogP contribution in [0.25, 0.3) is 22.5 Å². The molecule has 0 aliphatic rings. The topological polar surface area (TPSA) is 102 Å². The number of tetrazole rings is 1. The molecule has 3 aromatic carbocycles. The highest BCUT2D eigenvalue weighted by Gasteiger charge is 2.11. The number of hydrogen-bond donors (Lipinski definition) is 1. The molecule has 37 heavy (non-hydrogen) atoms. The van der Waals surface area contributed by atoms with Crippen LogP contribution < -0.4 is 4.80 Å². The molecule has 0 unspecified atom stereocenters. The Morgan fingerprint density at radius 3 is 2.43 bits per heavy atom. The van der Waals surface area contributed by atoms with E-state index in [1.165, 1.54) is 16.9 Å². The monoisotopic (exact) mass is 509 g/mol. The van der Waals surface area contributed by atoms with Gasteiger partial charge in [-0.25, -0.2) is 9.78 Å². The van der Waals surface area contributed by atoms with Crippen molar-refractivity contribution in [2.75, 3.05) is 0 Å². The van der Waals surface area contributed by atoms with Gasteiger partial charge in [0.05, 0.1) is 6.54 Å². The van der Waals surface area contributed by atoms with Crippen LogP contribution in [0.4, 0.5) is 0 Å². The van der Waals surface area contributed by atoms with E-state index in [1.54, 1.807) is 0 Å². The van der Waals surface area contributed by atoms with Crippen LogP contribution in [0.15, 0.2) is 83.9 Å². The average Bonchev–Trinajstić information content (AvgIpc) is 3.60. The first-order chi connectivity index (χ1) is 18.2. The normalized spacial score (nSPS) is 11.6. The predicted molar refractivity (Wildman–Crippen MR) is 144 cm³/mol. The summed E-state index contributed by atoms with van der Waals surface area (Å²) in [4.78, 5) is 17.7. The standard InChI is InChI=1S/C28H27N7OS/c1-2-26-32-35(28(37-26)29-25(36)14-8-11-20-9-4-3-5-10-20)19-21-15-17-22(18-16-21)23-12-6-7-13-24(23)27-30-33-34-31-27/h3-7,9-10,12-13,15-18H,2,8,11,14,19H2,1H3,(H,30,31,33,34). The number of rotatable bonds is 9. The van der Waals surface area contributed by atoms with Gasteiger partial charge in [-0.1, -0.05) is 97.1 Å². The molecule has 8 nitrogen and oxygen atoms in total. The number of nitrogens with zero attached hydrogens (tertiary/aromatic N) is 6. The lowest BCUT2D eigenvalue weighted by Gasteiger charge is -2.08. The lowest BCUT2D eigenvalue weighted by Crippen LogP contribution is -2.19. The molecule has 0 radical (unpaired) electrons. The summed E-state index contributed by atoms with van der Waals surface area (Å²) in [5.74, 6) is 0.523. The van der Waals surface area contributed by atoms with Gasteiger partial charge < -0.3 is 0 Å². The van der Waals surface area contributed by atoms with E-state index >= 15 is 0 Å². The fourth-order valence-corrected chi connectivity index (χ4v) is 4.96. The van der Waals surface area contributed by atoms with E-state index in [2.05, 4.69) is 75.0 Å². The van der Waals surface area contributed by atoms with E-state index in [-0.39, 0.29) is 5.91 Å². The molecule has 186 valence electrons. The molecule has 0 aliphatic carbocycles. The average molecular weight is 510 g/mol. The fourth-order valence-electron chi connectivity index (χ4n) is 4.11. The SMILES string of the molecule is CCc1nn(Cc2ccc(-c3ccccc3-c3nnn[nH]3)cc2)c(=NC(=O)CCCc2ccccc2)s1. The van der Waals surface area contributed by atoms with Gasteiger partial charge in [0.2, 0.25) is 10.7 Å². The molecule has 0 saturated heterocycles. The van der Waals surface area contributed by atoms with Crippen LogP contribution in [0.1, 0.15) is 35.9 Å². The Hall–Kier alpha value is -4.24. The van der Waals surface area contributed by atoms with Crippen molar-refractivity contribution >= 4 is 17.2 Å². The van der Waals surface area contributed by atoms with Gasteiger partial charge in [-0.2, -0.15) is 10.1 Å². The molecule has 0 spiro atoms. The van der Waals surface area contributed by atoms with Crippen molar-refractivity contribution in [1.29, 1.82) is 0 Å². The van der Waals surface area contributed by atoms with Crippen molar-refractivity contribution in [3.05, 3.63) is 99.8 Å². The first-order valence-electron chi connectivity index (χ1n) is 12.3. The number of carbonyl (C=O) groups excluding carboxylic acids is 1. The molecule has 0 saturated carbocycles. The number of aryl methyl sites for hydroxylation is 2. The van der Waals surface area contributed by atoms with Gasteiger partial charge in [-0.3, -0.25) is 4.79 Å². The van der Waals surface area contributed by atoms with Gasteiger partial charge in [0.1, 0.15) is 5.01 Å². The number of carbonyl (C=O) groups is 1. The van der Waals surface area contributed by atoms with E-state index in [0.717, 1.165) is 46.5 Å². The minimum atomic E-state index is -0.107. The number of amides is 1. The summed E-state index contributed by atoms with van der Waals surface area (Å²) in [6.07, 6.45) is 2.87. The predicted octanol–water partition coefficient (Wildman–Crippen LogP) is 4.85. The highest BCUT2D eigenvalue weighted by Crippen LogP contribution is 2.29. The summed E-state index contributed by atoms with van der Waals surface area (Å²) in [6.45, 7) is 2.60. The molecule has 1 N–H and O–H groups in total. The quantitative estimate of drug-likeness (QED) is 0.306. The molecule has 0 bridgehead atoms. The van der Waals surface area contributed by atoms with Crippen LogP contribution in [-0.2, 0) is 24.2 Å². The van der Waals surface area contributed by atoms with Crippen molar-refractivity contribution in [2.24, 2.45) is 4.99 Å². The Morgan fingerprint density at radius 2 is 1.70 bits per heavy atom. The van der Waals surface area contributed by atoms with E-state index < -0.39 is 0 Å².